The lowest BCUT2D eigenvalue weighted by Crippen LogP contribution is -2.42. The number of amides is 3. The van der Waals surface area contributed by atoms with Gasteiger partial charge in [-0.05, 0) is 19.8 Å². The molecule has 3 amide bonds. The zero-order chi connectivity index (χ0) is 15.3. The number of nitrogens with zero attached hydrogens (tertiary/aromatic N) is 1. The summed E-state index contributed by atoms with van der Waals surface area (Å²) in [5.74, 6) is -0.764. The molecule has 0 aromatic heterocycles. The van der Waals surface area contributed by atoms with Crippen LogP contribution in [0, 0.1) is 5.41 Å². The summed E-state index contributed by atoms with van der Waals surface area (Å²) in [6.07, 6.45) is 3.39. The molecule has 1 aliphatic heterocycles. The molecular weight excluding hydrogens is 260 g/mol. The summed E-state index contributed by atoms with van der Waals surface area (Å²) >= 11 is 0. The van der Waals surface area contributed by atoms with Crippen molar-refractivity contribution in [3.63, 3.8) is 0 Å². The maximum atomic E-state index is 11.9. The molecule has 1 heterocycles. The number of nitrogens with one attached hydrogen (secondary N) is 1. The van der Waals surface area contributed by atoms with Gasteiger partial charge in [0.15, 0.2) is 0 Å². The van der Waals surface area contributed by atoms with E-state index in [1.54, 1.807) is 20.8 Å². The smallest absolute Gasteiger partial charge is 0.253 e. The molecule has 1 aliphatic rings. The van der Waals surface area contributed by atoms with Gasteiger partial charge in [0.1, 0.15) is 0 Å². The summed E-state index contributed by atoms with van der Waals surface area (Å²) in [6.45, 7) is 5.64. The molecule has 1 atom stereocenters. The molecule has 1 unspecified atom stereocenters. The monoisotopic (exact) mass is 282 g/mol. The van der Waals surface area contributed by atoms with Crippen molar-refractivity contribution in [3.8, 4) is 0 Å². The van der Waals surface area contributed by atoms with Crippen LogP contribution >= 0.6 is 0 Å². The van der Waals surface area contributed by atoms with Crippen LogP contribution in [0.1, 0.15) is 33.6 Å². The van der Waals surface area contributed by atoms with Crippen molar-refractivity contribution in [2.75, 3.05) is 13.2 Å². The highest BCUT2D eigenvalue weighted by atomic mass is 16.3. The Bertz CT molecular complexity index is 411. The van der Waals surface area contributed by atoms with Crippen LogP contribution in [0.4, 0.5) is 0 Å². The highest BCUT2D eigenvalue weighted by Gasteiger charge is 2.29. The lowest BCUT2D eigenvalue weighted by atomic mass is 9.88. The second kappa shape index (κ2) is 6.65. The van der Waals surface area contributed by atoms with Crippen LogP contribution in [-0.2, 0) is 14.4 Å². The molecule has 2 N–H and O–H groups in total. The Labute approximate surface area is 118 Å². The third-order valence-electron chi connectivity index (χ3n) is 3.48. The van der Waals surface area contributed by atoms with Gasteiger partial charge in [-0.1, -0.05) is 13.8 Å². The Hall–Kier alpha value is -1.69. The summed E-state index contributed by atoms with van der Waals surface area (Å²) < 4.78 is 0. The lowest BCUT2D eigenvalue weighted by molar-refractivity contribution is -0.139. The fourth-order valence-electron chi connectivity index (χ4n) is 2.00. The summed E-state index contributed by atoms with van der Waals surface area (Å²) in [5, 5.41) is 11.7. The van der Waals surface area contributed by atoms with E-state index in [0.29, 0.717) is 19.4 Å². The predicted octanol–water partition coefficient (Wildman–Crippen LogP) is 0.215. The van der Waals surface area contributed by atoms with Crippen molar-refractivity contribution in [1.82, 2.24) is 10.2 Å². The predicted molar refractivity (Wildman–Crippen MR) is 73.6 cm³/mol. The molecule has 0 radical (unpaired) electrons. The second-order valence-electron chi connectivity index (χ2n) is 5.63. The summed E-state index contributed by atoms with van der Waals surface area (Å²) in [7, 11) is 0. The fourth-order valence-corrected chi connectivity index (χ4v) is 2.00. The molecule has 0 aromatic rings. The zero-order valence-corrected chi connectivity index (χ0v) is 12.2. The normalized spacial score (nSPS) is 16.7. The van der Waals surface area contributed by atoms with Crippen LogP contribution in [-0.4, -0.2) is 46.9 Å². The number of carbonyl (C=O) groups excluding carboxylic acids is 3. The van der Waals surface area contributed by atoms with Crippen LogP contribution in [0.5, 0.6) is 0 Å². The molecule has 0 aliphatic carbocycles. The molecule has 20 heavy (non-hydrogen) atoms. The number of imide groups is 1. The summed E-state index contributed by atoms with van der Waals surface area (Å²) in [4.78, 5) is 36.0. The maximum Gasteiger partial charge on any atom is 0.253 e. The molecule has 0 saturated heterocycles. The number of hydrogen-bond donors (Lipinski definition) is 2. The number of hydrogen-bond acceptors (Lipinski definition) is 4. The quantitative estimate of drug-likeness (QED) is 0.654. The molecule has 1 rings (SSSR count). The number of aliphatic hydroxyl groups is 1. The minimum absolute atomic E-state index is 0.0424. The van der Waals surface area contributed by atoms with E-state index >= 15 is 0 Å². The Kier molecular flexibility index (Phi) is 5.44. The third kappa shape index (κ3) is 3.90. The largest absolute Gasteiger partial charge is 0.396 e. The van der Waals surface area contributed by atoms with Gasteiger partial charge in [0.2, 0.25) is 5.91 Å². The Morgan fingerprint density at radius 3 is 2.40 bits per heavy atom. The standard InChI is InChI=1S/C14H22N2O4/c1-10(16-11(18)4-5-12(16)19)6-8-15-13(20)14(2,3)7-9-17/h4-5,10,17H,6-9H2,1-3H3,(H,15,20). The van der Waals surface area contributed by atoms with Crippen molar-refractivity contribution in [3.05, 3.63) is 12.2 Å². The van der Waals surface area contributed by atoms with Crippen molar-refractivity contribution in [1.29, 1.82) is 0 Å². The van der Waals surface area contributed by atoms with Gasteiger partial charge in [0.25, 0.3) is 11.8 Å². The molecule has 0 aromatic carbocycles. The average Bonchev–Trinajstić information content (AvgIpc) is 2.68. The van der Waals surface area contributed by atoms with Crippen LogP contribution < -0.4 is 5.32 Å². The van der Waals surface area contributed by atoms with Crippen molar-refractivity contribution >= 4 is 17.7 Å². The van der Waals surface area contributed by atoms with E-state index in [9.17, 15) is 14.4 Å². The molecule has 112 valence electrons. The Morgan fingerprint density at radius 1 is 1.35 bits per heavy atom. The minimum Gasteiger partial charge on any atom is -0.396 e. The van der Waals surface area contributed by atoms with Gasteiger partial charge in [-0.2, -0.15) is 0 Å². The lowest BCUT2D eigenvalue weighted by Gasteiger charge is -2.25. The number of aliphatic hydroxyl groups excluding tert-OH is 1. The summed E-state index contributed by atoms with van der Waals surface area (Å²) in [6, 6.07) is -0.258. The van der Waals surface area contributed by atoms with E-state index < -0.39 is 5.41 Å². The topological polar surface area (TPSA) is 86.7 Å². The zero-order valence-electron chi connectivity index (χ0n) is 12.2. The molecule has 6 nitrogen and oxygen atoms in total. The third-order valence-corrected chi connectivity index (χ3v) is 3.48. The van der Waals surface area contributed by atoms with Gasteiger partial charge in [-0.25, -0.2) is 0 Å². The fraction of sp³-hybridized carbons (Fsp3) is 0.643. The Morgan fingerprint density at radius 2 is 1.90 bits per heavy atom. The van der Waals surface area contributed by atoms with Gasteiger partial charge < -0.3 is 10.4 Å². The van der Waals surface area contributed by atoms with Crippen molar-refractivity contribution < 1.29 is 19.5 Å². The SMILES string of the molecule is CC(CCNC(=O)C(C)(C)CCO)N1C(=O)C=CC1=O. The van der Waals surface area contributed by atoms with Gasteiger partial charge in [0.05, 0.1) is 0 Å². The van der Waals surface area contributed by atoms with E-state index in [1.165, 1.54) is 17.1 Å². The molecule has 0 bridgehead atoms. The van der Waals surface area contributed by atoms with Crippen LogP contribution in [0.3, 0.4) is 0 Å². The van der Waals surface area contributed by atoms with Crippen molar-refractivity contribution in [2.24, 2.45) is 5.41 Å². The first-order valence-corrected chi connectivity index (χ1v) is 6.74. The summed E-state index contributed by atoms with van der Waals surface area (Å²) in [5.41, 5.74) is -0.626. The average molecular weight is 282 g/mol. The first-order valence-electron chi connectivity index (χ1n) is 6.74. The molecule has 0 spiro atoms. The van der Waals surface area contributed by atoms with E-state index in [2.05, 4.69) is 5.32 Å². The van der Waals surface area contributed by atoms with Crippen LogP contribution in [0.15, 0.2) is 12.2 Å². The van der Waals surface area contributed by atoms with Gasteiger partial charge in [-0.3, -0.25) is 19.3 Å². The van der Waals surface area contributed by atoms with Crippen LogP contribution in [0.25, 0.3) is 0 Å². The number of rotatable bonds is 7. The van der Waals surface area contributed by atoms with Gasteiger partial charge >= 0.3 is 0 Å². The molecule has 6 heteroatoms. The molecular formula is C14H22N2O4. The van der Waals surface area contributed by atoms with Gasteiger partial charge in [0, 0.05) is 36.8 Å². The molecule has 0 fully saturated rings. The van der Waals surface area contributed by atoms with Gasteiger partial charge in [-0.15, -0.1) is 0 Å². The molecule has 0 saturated carbocycles. The van der Waals surface area contributed by atoms with E-state index in [-0.39, 0.29) is 30.4 Å². The van der Waals surface area contributed by atoms with E-state index in [1.807, 2.05) is 0 Å². The highest BCUT2D eigenvalue weighted by Crippen LogP contribution is 2.19. The second-order valence-corrected chi connectivity index (χ2v) is 5.63. The minimum atomic E-state index is -0.626. The first kappa shape index (κ1) is 16.4. The van der Waals surface area contributed by atoms with Crippen molar-refractivity contribution in [2.45, 2.75) is 39.7 Å². The first-order chi connectivity index (χ1) is 9.29. The van der Waals surface area contributed by atoms with E-state index in [4.69, 9.17) is 5.11 Å². The number of carbonyl (C=O) groups is 3. The maximum absolute atomic E-state index is 11.9. The Balaban J connectivity index is 2.39. The van der Waals surface area contributed by atoms with E-state index in [0.717, 1.165) is 0 Å². The van der Waals surface area contributed by atoms with Crippen LogP contribution in [0.2, 0.25) is 0 Å². The highest BCUT2D eigenvalue weighted by molar-refractivity contribution is 6.13.